The molecule has 0 aromatic rings. The van der Waals surface area contributed by atoms with Gasteiger partial charge >= 0.3 is 5.97 Å². The molecule has 1 saturated heterocycles. The Hall–Kier alpha value is -0.433. The molecule has 6 heteroatoms. The van der Waals surface area contributed by atoms with Crippen molar-refractivity contribution in [2.45, 2.75) is 65.1 Å². The van der Waals surface area contributed by atoms with Crippen LogP contribution in [0.4, 0.5) is 0 Å². The summed E-state index contributed by atoms with van der Waals surface area (Å²) in [5.74, 6) is -0.395. The second kappa shape index (κ2) is 5.52. The topological polar surface area (TPSA) is 63.0 Å². The van der Waals surface area contributed by atoms with Crippen LogP contribution in [-0.4, -0.2) is 33.2 Å². The van der Waals surface area contributed by atoms with Crippen molar-refractivity contribution in [2.24, 2.45) is 5.92 Å². The molecule has 0 saturated carbocycles. The molecule has 1 rings (SSSR count). The van der Waals surface area contributed by atoms with Crippen molar-refractivity contribution in [1.82, 2.24) is 0 Å². The van der Waals surface area contributed by atoms with Crippen LogP contribution in [0, 0.1) is 11.1 Å². The third-order valence-corrected chi connectivity index (χ3v) is 8.90. The smallest absolute Gasteiger partial charge is 0.307 e. The van der Waals surface area contributed by atoms with Crippen LogP contribution in [0.2, 0.25) is 18.1 Å². The molecule has 1 fully saturated rings. The summed E-state index contributed by atoms with van der Waals surface area (Å²) in [6, 6.07) is 0. The third-order valence-electron chi connectivity index (χ3n) is 4.33. The monoisotopic (exact) mass is 289 g/mol. The highest BCUT2D eigenvalue weighted by Crippen LogP contribution is 2.38. The van der Waals surface area contributed by atoms with Crippen molar-refractivity contribution in [3.63, 3.8) is 0 Å². The van der Waals surface area contributed by atoms with Crippen LogP contribution in [0.25, 0.3) is 0 Å². The van der Waals surface area contributed by atoms with Gasteiger partial charge in [0.2, 0.25) is 6.23 Å². The molecule has 1 unspecified atom stereocenters. The Balaban J connectivity index is 2.64. The maximum absolute atomic E-state index is 11.5. The quantitative estimate of drug-likeness (QED) is 0.481. The van der Waals surface area contributed by atoms with Gasteiger partial charge in [0.1, 0.15) is 5.92 Å². The number of esters is 1. The third kappa shape index (κ3) is 3.78. The van der Waals surface area contributed by atoms with Gasteiger partial charge in [0.25, 0.3) is 0 Å². The van der Waals surface area contributed by atoms with E-state index in [0.717, 1.165) is 0 Å². The van der Waals surface area contributed by atoms with Gasteiger partial charge in [0, 0.05) is 6.92 Å². The summed E-state index contributed by atoms with van der Waals surface area (Å²) in [5, 5.41) is 11.7. The maximum Gasteiger partial charge on any atom is 0.307 e. The lowest BCUT2D eigenvalue weighted by Crippen LogP contribution is -3.21. The molecule has 0 aromatic heterocycles. The SMILES string of the molecule is CC(=O)O[C@@H]1[C@@H]([C@@H](C)O[Si](C)(C)C(C)(C)C)C[NH+]1[O-]. The first-order chi connectivity index (χ1) is 8.45. The first-order valence-corrected chi connectivity index (χ1v) is 9.74. The minimum atomic E-state index is -1.86. The first kappa shape index (κ1) is 16.6. The highest BCUT2D eigenvalue weighted by Gasteiger charge is 2.49. The van der Waals surface area contributed by atoms with Gasteiger partial charge in [-0.25, -0.2) is 0 Å². The van der Waals surface area contributed by atoms with E-state index in [-0.39, 0.29) is 22.1 Å². The summed E-state index contributed by atoms with van der Waals surface area (Å²) >= 11 is 0. The molecule has 1 N–H and O–H groups in total. The van der Waals surface area contributed by atoms with E-state index in [4.69, 9.17) is 9.16 Å². The Morgan fingerprint density at radius 1 is 1.42 bits per heavy atom. The standard InChI is InChI=1S/C13H27NO4Si/c1-9(18-19(6,7)13(3,4)5)11-8-14(16)12(11)17-10(2)15/h9,11-12,14H,8H2,1-7H3/t9-,11-,12-/m1/s1. The number of hydrogen-bond donors (Lipinski definition) is 1. The molecule has 1 aliphatic heterocycles. The highest BCUT2D eigenvalue weighted by atomic mass is 28.4. The van der Waals surface area contributed by atoms with E-state index in [9.17, 15) is 10.0 Å². The lowest BCUT2D eigenvalue weighted by Gasteiger charge is -2.49. The van der Waals surface area contributed by atoms with Crippen molar-refractivity contribution in [3.05, 3.63) is 5.21 Å². The van der Waals surface area contributed by atoms with Crippen LogP contribution in [0.3, 0.4) is 0 Å². The fourth-order valence-electron chi connectivity index (χ4n) is 2.01. The van der Waals surface area contributed by atoms with Crippen molar-refractivity contribution in [3.8, 4) is 0 Å². The van der Waals surface area contributed by atoms with Gasteiger partial charge in [-0.3, -0.25) is 4.79 Å². The largest absolute Gasteiger partial charge is 0.632 e. The molecule has 0 aliphatic carbocycles. The number of nitrogens with one attached hydrogen (secondary N) is 1. The Morgan fingerprint density at radius 2 is 1.95 bits per heavy atom. The van der Waals surface area contributed by atoms with E-state index < -0.39 is 20.5 Å². The molecule has 0 radical (unpaired) electrons. The van der Waals surface area contributed by atoms with Gasteiger partial charge in [0.05, 0.1) is 12.6 Å². The normalized spacial score (nSPS) is 29.6. The van der Waals surface area contributed by atoms with Crippen LogP contribution in [0.5, 0.6) is 0 Å². The molecular weight excluding hydrogens is 262 g/mol. The van der Waals surface area contributed by atoms with E-state index in [1.165, 1.54) is 6.92 Å². The van der Waals surface area contributed by atoms with Crippen molar-refractivity contribution < 1.29 is 19.0 Å². The lowest BCUT2D eigenvalue weighted by atomic mass is 9.94. The number of rotatable bonds is 4. The Morgan fingerprint density at radius 3 is 2.32 bits per heavy atom. The fourth-order valence-corrected chi connectivity index (χ4v) is 3.46. The van der Waals surface area contributed by atoms with E-state index in [0.29, 0.717) is 6.54 Å². The minimum Gasteiger partial charge on any atom is -0.632 e. The van der Waals surface area contributed by atoms with Crippen LogP contribution in [-0.2, 0) is 14.0 Å². The number of hydrogen-bond acceptors (Lipinski definition) is 4. The summed E-state index contributed by atoms with van der Waals surface area (Å²) in [6.45, 7) is 14.7. The fraction of sp³-hybridized carbons (Fsp3) is 0.923. The molecule has 5 nitrogen and oxygen atoms in total. The zero-order chi connectivity index (χ0) is 15.0. The van der Waals surface area contributed by atoms with E-state index in [1.54, 1.807) is 0 Å². The second-order valence-electron chi connectivity index (χ2n) is 6.95. The highest BCUT2D eigenvalue weighted by molar-refractivity contribution is 6.74. The van der Waals surface area contributed by atoms with Crippen LogP contribution in [0.1, 0.15) is 34.6 Å². The Labute approximate surface area is 117 Å². The van der Waals surface area contributed by atoms with Crippen LogP contribution < -0.4 is 5.06 Å². The summed E-state index contributed by atoms with van der Waals surface area (Å²) in [6.07, 6.45) is -0.653. The van der Waals surface area contributed by atoms with Crippen LogP contribution >= 0.6 is 0 Å². The molecule has 0 bridgehead atoms. The molecular formula is C13H27NO4Si. The summed E-state index contributed by atoms with van der Waals surface area (Å²) in [7, 11) is -1.86. The van der Waals surface area contributed by atoms with E-state index >= 15 is 0 Å². The molecule has 112 valence electrons. The average Bonchev–Trinajstić information content (AvgIpc) is 2.20. The van der Waals surface area contributed by atoms with Gasteiger partial charge in [-0.05, 0) is 25.1 Å². The van der Waals surface area contributed by atoms with Crippen molar-refractivity contribution in [1.29, 1.82) is 0 Å². The number of hydroxylamine groups is 2. The summed E-state index contributed by atoms with van der Waals surface area (Å²) < 4.78 is 11.3. The number of carbonyl (C=O) groups excluding carboxylic acids is 1. The predicted octanol–water partition coefficient (Wildman–Crippen LogP) is 1.30. The Kier molecular flexibility index (Phi) is 4.82. The lowest BCUT2D eigenvalue weighted by molar-refractivity contribution is -0.958. The maximum atomic E-state index is 11.5. The molecule has 1 aliphatic rings. The van der Waals surface area contributed by atoms with Gasteiger partial charge in [-0.15, -0.1) is 0 Å². The van der Waals surface area contributed by atoms with E-state index in [1.807, 2.05) is 6.92 Å². The summed E-state index contributed by atoms with van der Waals surface area (Å²) in [5.41, 5.74) is 0. The number of quaternary nitrogens is 1. The molecule has 4 atom stereocenters. The van der Waals surface area contributed by atoms with E-state index in [2.05, 4.69) is 33.9 Å². The summed E-state index contributed by atoms with van der Waals surface area (Å²) in [4.78, 5) is 11.0. The average molecular weight is 289 g/mol. The van der Waals surface area contributed by atoms with Crippen molar-refractivity contribution in [2.75, 3.05) is 6.54 Å². The minimum absolute atomic E-state index is 0.00512. The zero-order valence-corrected chi connectivity index (χ0v) is 14.1. The van der Waals surface area contributed by atoms with Crippen LogP contribution in [0.15, 0.2) is 0 Å². The number of ether oxygens (including phenoxy) is 1. The molecule has 1 heterocycles. The zero-order valence-electron chi connectivity index (χ0n) is 13.1. The predicted molar refractivity (Wildman–Crippen MR) is 76.0 cm³/mol. The molecule has 0 spiro atoms. The van der Waals surface area contributed by atoms with Gasteiger partial charge in [0.15, 0.2) is 8.32 Å². The molecule has 19 heavy (non-hydrogen) atoms. The van der Waals surface area contributed by atoms with Gasteiger partial charge in [-0.1, -0.05) is 20.8 Å². The molecule has 0 amide bonds. The Bertz CT molecular complexity index is 340. The van der Waals surface area contributed by atoms with Gasteiger partial charge in [-0.2, -0.15) is 0 Å². The molecule has 0 aromatic carbocycles. The van der Waals surface area contributed by atoms with Crippen molar-refractivity contribution >= 4 is 14.3 Å². The second-order valence-corrected chi connectivity index (χ2v) is 11.7. The number of carbonyl (C=O) groups is 1. The van der Waals surface area contributed by atoms with Gasteiger partial charge < -0.3 is 19.4 Å². The first-order valence-electron chi connectivity index (χ1n) is 6.83.